The van der Waals surface area contributed by atoms with Crippen molar-refractivity contribution in [2.75, 3.05) is 12.4 Å². The summed E-state index contributed by atoms with van der Waals surface area (Å²) in [7, 11) is 0. The molecule has 1 unspecified atom stereocenters. The van der Waals surface area contributed by atoms with E-state index in [4.69, 9.17) is 10.2 Å². The van der Waals surface area contributed by atoms with Crippen molar-refractivity contribution in [2.45, 2.75) is 11.8 Å². The molecule has 1 aromatic rings. The van der Waals surface area contributed by atoms with Crippen molar-refractivity contribution in [1.29, 1.82) is 0 Å². The van der Waals surface area contributed by atoms with Crippen molar-refractivity contribution in [1.82, 2.24) is 5.32 Å². The monoisotopic (exact) mass is 275 g/mol. The predicted octanol–water partition coefficient (Wildman–Crippen LogP) is 0.543. The molecule has 1 rings (SSSR count). The first-order chi connectivity index (χ1) is 8.13. The molecule has 1 atom stereocenters. The zero-order chi connectivity index (χ0) is 12.7. The van der Waals surface area contributed by atoms with Gasteiger partial charge in [-0.3, -0.25) is 4.79 Å². The van der Waals surface area contributed by atoms with Gasteiger partial charge < -0.3 is 15.5 Å². The molecule has 0 aromatic carbocycles. The van der Waals surface area contributed by atoms with Crippen LogP contribution in [0.2, 0.25) is 0 Å². The third-order valence-corrected chi connectivity index (χ3v) is 3.91. The summed E-state index contributed by atoms with van der Waals surface area (Å²) in [6, 6.07) is 2.70. The van der Waals surface area contributed by atoms with Gasteiger partial charge in [-0.2, -0.15) is 0 Å². The van der Waals surface area contributed by atoms with Gasteiger partial charge in [-0.25, -0.2) is 4.79 Å². The van der Waals surface area contributed by atoms with E-state index in [1.165, 1.54) is 16.6 Å². The van der Waals surface area contributed by atoms with E-state index in [-0.39, 0.29) is 11.7 Å². The lowest BCUT2D eigenvalue weighted by atomic mass is 10.3. The van der Waals surface area contributed by atoms with Crippen LogP contribution in [0.1, 0.15) is 4.88 Å². The second kappa shape index (κ2) is 7.31. The van der Waals surface area contributed by atoms with Gasteiger partial charge >= 0.3 is 5.97 Å². The van der Waals surface area contributed by atoms with Gasteiger partial charge in [-0.05, 0) is 11.4 Å². The van der Waals surface area contributed by atoms with Gasteiger partial charge in [-0.1, -0.05) is 6.07 Å². The summed E-state index contributed by atoms with van der Waals surface area (Å²) < 4.78 is 0. The Morgan fingerprint density at radius 1 is 1.53 bits per heavy atom. The molecular weight excluding hydrogens is 262 g/mol. The molecule has 0 aliphatic rings. The number of carbonyl (C=O) groups excluding carboxylic acids is 1. The molecule has 7 heteroatoms. The van der Waals surface area contributed by atoms with E-state index in [1.807, 2.05) is 17.5 Å². The van der Waals surface area contributed by atoms with Gasteiger partial charge in [0.1, 0.15) is 6.04 Å². The Morgan fingerprint density at radius 2 is 2.29 bits per heavy atom. The number of aliphatic hydroxyl groups excluding tert-OH is 1. The van der Waals surface area contributed by atoms with E-state index in [0.717, 1.165) is 5.75 Å². The van der Waals surface area contributed by atoms with Crippen LogP contribution in [0.3, 0.4) is 0 Å². The van der Waals surface area contributed by atoms with Gasteiger partial charge in [-0.15, -0.1) is 23.1 Å². The molecule has 0 saturated heterocycles. The standard InChI is InChI=1S/C10H13NO4S2/c12-4-8(10(14)15)11-9(13)6-16-5-7-2-1-3-17-7/h1-3,8,12H,4-6H2,(H,11,13)(H,14,15). The number of hydrogen-bond acceptors (Lipinski definition) is 5. The number of rotatable bonds is 7. The van der Waals surface area contributed by atoms with Crippen LogP contribution >= 0.6 is 23.1 Å². The smallest absolute Gasteiger partial charge is 0.328 e. The van der Waals surface area contributed by atoms with Crippen molar-refractivity contribution in [2.24, 2.45) is 0 Å². The average molecular weight is 275 g/mol. The molecule has 0 radical (unpaired) electrons. The summed E-state index contributed by atoms with van der Waals surface area (Å²) in [5.74, 6) is -0.707. The highest BCUT2D eigenvalue weighted by Crippen LogP contribution is 2.16. The fourth-order valence-electron chi connectivity index (χ4n) is 1.06. The maximum atomic E-state index is 11.3. The minimum atomic E-state index is -1.23. The zero-order valence-corrected chi connectivity index (χ0v) is 10.6. The molecule has 0 bridgehead atoms. The van der Waals surface area contributed by atoms with Crippen molar-refractivity contribution >= 4 is 35.0 Å². The summed E-state index contributed by atoms with van der Waals surface area (Å²) >= 11 is 3.02. The minimum absolute atomic E-state index is 0.182. The third-order valence-electron chi connectivity index (χ3n) is 1.87. The first-order valence-corrected chi connectivity index (χ1v) is 6.90. The van der Waals surface area contributed by atoms with Gasteiger partial charge in [0.25, 0.3) is 0 Å². The molecule has 0 saturated carbocycles. The number of carbonyl (C=O) groups is 2. The number of amides is 1. The Hall–Kier alpha value is -1.05. The number of hydrogen-bond donors (Lipinski definition) is 3. The Balaban J connectivity index is 2.23. The molecule has 3 N–H and O–H groups in total. The lowest BCUT2D eigenvalue weighted by molar-refractivity contribution is -0.142. The van der Waals surface area contributed by atoms with Crippen LogP contribution in [-0.4, -0.2) is 40.5 Å². The summed E-state index contributed by atoms with van der Waals surface area (Å²) in [6.45, 7) is -0.601. The number of nitrogens with one attached hydrogen (secondary N) is 1. The topological polar surface area (TPSA) is 86.6 Å². The number of aliphatic hydroxyl groups is 1. The Bertz CT molecular complexity index is 366. The quantitative estimate of drug-likeness (QED) is 0.676. The maximum absolute atomic E-state index is 11.3. The number of thioether (sulfide) groups is 1. The fourth-order valence-corrected chi connectivity index (χ4v) is 2.74. The first-order valence-electron chi connectivity index (χ1n) is 4.86. The summed E-state index contributed by atoms with van der Waals surface area (Å²) in [5.41, 5.74) is 0. The van der Waals surface area contributed by atoms with E-state index < -0.39 is 18.6 Å². The van der Waals surface area contributed by atoms with E-state index in [9.17, 15) is 9.59 Å². The molecular formula is C10H13NO4S2. The second-order valence-electron chi connectivity index (χ2n) is 3.21. The van der Waals surface area contributed by atoms with Crippen molar-refractivity contribution in [3.63, 3.8) is 0 Å². The summed E-state index contributed by atoms with van der Waals surface area (Å²) in [5, 5.41) is 21.5. The number of thiophene rings is 1. The molecule has 94 valence electrons. The zero-order valence-electron chi connectivity index (χ0n) is 8.96. The molecule has 0 fully saturated rings. The van der Waals surface area contributed by atoms with Crippen LogP contribution in [0.5, 0.6) is 0 Å². The lowest BCUT2D eigenvalue weighted by Crippen LogP contribution is -2.44. The fraction of sp³-hybridized carbons (Fsp3) is 0.400. The van der Waals surface area contributed by atoms with E-state index in [1.54, 1.807) is 11.3 Å². The van der Waals surface area contributed by atoms with E-state index in [2.05, 4.69) is 5.32 Å². The molecule has 1 aromatic heterocycles. The van der Waals surface area contributed by atoms with Crippen LogP contribution in [-0.2, 0) is 15.3 Å². The van der Waals surface area contributed by atoms with E-state index in [0.29, 0.717) is 0 Å². The first kappa shape index (κ1) is 14.0. The highest BCUT2D eigenvalue weighted by atomic mass is 32.2. The largest absolute Gasteiger partial charge is 0.480 e. The van der Waals surface area contributed by atoms with Gasteiger partial charge in [0.05, 0.1) is 12.4 Å². The average Bonchev–Trinajstić information content (AvgIpc) is 2.78. The van der Waals surface area contributed by atoms with Crippen LogP contribution < -0.4 is 5.32 Å². The van der Waals surface area contributed by atoms with Crippen LogP contribution in [0, 0.1) is 0 Å². The van der Waals surface area contributed by atoms with Crippen molar-refractivity contribution < 1.29 is 19.8 Å². The highest BCUT2D eigenvalue weighted by molar-refractivity contribution is 7.99. The van der Waals surface area contributed by atoms with Crippen molar-refractivity contribution in [3.8, 4) is 0 Å². The minimum Gasteiger partial charge on any atom is -0.480 e. The molecule has 0 aliphatic carbocycles. The molecule has 17 heavy (non-hydrogen) atoms. The summed E-state index contributed by atoms with van der Waals surface area (Å²) in [6.07, 6.45) is 0. The molecule has 1 amide bonds. The number of aliphatic carboxylic acids is 1. The lowest BCUT2D eigenvalue weighted by Gasteiger charge is -2.10. The normalized spacial score (nSPS) is 12.1. The predicted molar refractivity (Wildman–Crippen MR) is 67.1 cm³/mol. The van der Waals surface area contributed by atoms with Crippen LogP contribution in [0.4, 0.5) is 0 Å². The van der Waals surface area contributed by atoms with Gasteiger partial charge in [0.2, 0.25) is 5.91 Å². The van der Waals surface area contributed by atoms with E-state index >= 15 is 0 Å². The molecule has 0 aliphatic heterocycles. The maximum Gasteiger partial charge on any atom is 0.328 e. The van der Waals surface area contributed by atoms with Gasteiger partial charge in [0.15, 0.2) is 0 Å². The van der Waals surface area contributed by atoms with Crippen LogP contribution in [0.15, 0.2) is 17.5 Å². The van der Waals surface area contributed by atoms with Crippen LogP contribution in [0.25, 0.3) is 0 Å². The summed E-state index contributed by atoms with van der Waals surface area (Å²) in [4.78, 5) is 23.1. The SMILES string of the molecule is O=C(CSCc1cccs1)NC(CO)C(=O)O. The molecule has 5 nitrogen and oxygen atoms in total. The van der Waals surface area contributed by atoms with Crippen molar-refractivity contribution in [3.05, 3.63) is 22.4 Å². The Kier molecular flexibility index (Phi) is 6.03. The number of carboxylic acids is 1. The van der Waals surface area contributed by atoms with Gasteiger partial charge in [0, 0.05) is 10.6 Å². The number of carboxylic acid groups (broad SMARTS) is 1. The second-order valence-corrected chi connectivity index (χ2v) is 5.23. The molecule has 0 spiro atoms. The third kappa shape index (κ3) is 5.20. The Labute approximate surface area is 107 Å². The Morgan fingerprint density at radius 3 is 2.82 bits per heavy atom. The molecule has 1 heterocycles. The highest BCUT2D eigenvalue weighted by Gasteiger charge is 2.18.